The van der Waals surface area contributed by atoms with Gasteiger partial charge in [-0.05, 0) is 24.3 Å². The van der Waals surface area contributed by atoms with Crippen molar-refractivity contribution >= 4 is 16.7 Å². The molecule has 0 saturated heterocycles. The minimum atomic E-state index is 0.268. The maximum Gasteiger partial charge on any atom is 0.146 e. The Morgan fingerprint density at radius 1 is 1.11 bits per heavy atom. The molecule has 0 spiro atoms. The molecule has 92 valence electrons. The molecule has 0 unspecified atom stereocenters. The van der Waals surface area contributed by atoms with Crippen LogP contribution in [0.1, 0.15) is 0 Å². The van der Waals surface area contributed by atoms with E-state index in [1.165, 1.54) is 0 Å². The predicted molar refractivity (Wildman–Crippen MR) is 71.2 cm³/mol. The lowest BCUT2D eigenvalue weighted by Gasteiger charge is -2.04. The first-order valence-electron chi connectivity index (χ1n) is 5.64. The summed E-state index contributed by atoms with van der Waals surface area (Å²) < 4.78 is 3.81. The van der Waals surface area contributed by atoms with Gasteiger partial charge in [0.15, 0.2) is 0 Å². The highest BCUT2D eigenvalue weighted by molar-refractivity contribution is 5.87. The van der Waals surface area contributed by atoms with Gasteiger partial charge in [-0.2, -0.15) is 5.10 Å². The van der Waals surface area contributed by atoms with Crippen LogP contribution in [0.4, 0.5) is 5.82 Å². The zero-order valence-corrected chi connectivity index (χ0v) is 10.3. The van der Waals surface area contributed by atoms with Crippen molar-refractivity contribution in [2.45, 2.75) is 0 Å². The molecule has 3 rings (SSSR count). The number of anilines is 1. The second-order valence-electron chi connectivity index (χ2n) is 4.41. The van der Waals surface area contributed by atoms with E-state index < -0.39 is 0 Å². The highest BCUT2D eigenvalue weighted by Gasteiger charge is 2.12. The molecule has 0 bridgehead atoms. The van der Waals surface area contributed by atoms with E-state index in [0.717, 1.165) is 22.3 Å². The molecule has 3 N–H and O–H groups in total. The number of aromatic nitrogens is 3. The maximum atomic E-state index is 9.51. The molecule has 0 saturated carbocycles. The van der Waals surface area contributed by atoms with Crippen molar-refractivity contribution in [3.63, 3.8) is 0 Å². The lowest BCUT2D eigenvalue weighted by molar-refractivity contribution is 0.476. The number of nitrogen functional groups attached to an aromatic ring is 1. The Hall–Kier alpha value is -2.43. The maximum absolute atomic E-state index is 9.51. The summed E-state index contributed by atoms with van der Waals surface area (Å²) in [6.45, 7) is 0. The van der Waals surface area contributed by atoms with Crippen LogP contribution in [0.5, 0.6) is 5.75 Å². The first kappa shape index (κ1) is 10.7. The van der Waals surface area contributed by atoms with Crippen LogP contribution in [0, 0.1) is 0 Å². The largest absolute Gasteiger partial charge is 0.508 e. The van der Waals surface area contributed by atoms with Crippen LogP contribution >= 0.6 is 0 Å². The van der Waals surface area contributed by atoms with E-state index in [-0.39, 0.29) is 5.75 Å². The van der Waals surface area contributed by atoms with E-state index in [9.17, 15) is 5.11 Å². The van der Waals surface area contributed by atoms with Gasteiger partial charge in [0.25, 0.3) is 0 Å². The number of phenolic OH excluding ortho intramolecular Hbond substituents is 1. The van der Waals surface area contributed by atoms with E-state index in [4.69, 9.17) is 5.73 Å². The number of nitrogens with zero attached hydrogens (tertiary/aromatic N) is 3. The molecule has 0 aliphatic heterocycles. The van der Waals surface area contributed by atoms with E-state index in [1.807, 2.05) is 32.3 Å². The molecule has 18 heavy (non-hydrogen) atoms. The molecule has 2 aromatic heterocycles. The van der Waals surface area contributed by atoms with Crippen molar-refractivity contribution in [2.75, 3.05) is 5.73 Å². The summed E-state index contributed by atoms with van der Waals surface area (Å²) in [4.78, 5) is 0. The zero-order chi connectivity index (χ0) is 12.9. The number of phenols is 1. The Bertz CT molecular complexity index is 739. The second-order valence-corrected chi connectivity index (χ2v) is 4.41. The molecule has 0 atom stereocenters. The quantitative estimate of drug-likeness (QED) is 0.684. The number of aromatic hydroxyl groups is 1. The number of hydrogen-bond donors (Lipinski definition) is 2. The average Bonchev–Trinajstić information content (AvgIpc) is 2.79. The van der Waals surface area contributed by atoms with Crippen LogP contribution in [0.2, 0.25) is 0 Å². The summed E-state index contributed by atoms with van der Waals surface area (Å²) >= 11 is 0. The van der Waals surface area contributed by atoms with Gasteiger partial charge < -0.3 is 15.4 Å². The molecule has 5 nitrogen and oxygen atoms in total. The van der Waals surface area contributed by atoms with Gasteiger partial charge >= 0.3 is 0 Å². The van der Waals surface area contributed by atoms with Gasteiger partial charge in [0.2, 0.25) is 0 Å². The van der Waals surface area contributed by atoms with Gasteiger partial charge in [-0.1, -0.05) is 0 Å². The molecule has 0 radical (unpaired) electrons. The summed E-state index contributed by atoms with van der Waals surface area (Å²) in [5.74, 6) is 0.768. The van der Waals surface area contributed by atoms with Crippen LogP contribution in [0.15, 0.2) is 30.3 Å². The number of fused-ring (bicyclic) bond motifs is 1. The van der Waals surface area contributed by atoms with Crippen molar-refractivity contribution in [3.8, 4) is 17.1 Å². The van der Waals surface area contributed by atoms with Gasteiger partial charge in [0.05, 0.1) is 11.4 Å². The van der Waals surface area contributed by atoms with Crippen molar-refractivity contribution in [2.24, 2.45) is 14.1 Å². The molecule has 0 aliphatic rings. The standard InChI is InChI=1S/C13H14N4O/c1-16-10-4-3-9(18)5-8(10)6-11(16)12-7-13(14)15-17(12)2/h3-7,18H,1-2H3,(H2,14,15). The van der Waals surface area contributed by atoms with Crippen LogP contribution < -0.4 is 5.73 Å². The smallest absolute Gasteiger partial charge is 0.146 e. The van der Waals surface area contributed by atoms with Gasteiger partial charge in [0, 0.05) is 31.1 Å². The number of nitrogens with two attached hydrogens (primary N) is 1. The Morgan fingerprint density at radius 3 is 2.56 bits per heavy atom. The molecular formula is C13H14N4O. The molecule has 0 amide bonds. The summed E-state index contributed by atoms with van der Waals surface area (Å²) in [5, 5.41) is 14.7. The Balaban J connectivity index is 2.30. The highest BCUT2D eigenvalue weighted by Crippen LogP contribution is 2.29. The Kier molecular flexibility index (Phi) is 2.10. The van der Waals surface area contributed by atoms with Crippen molar-refractivity contribution in [1.29, 1.82) is 0 Å². The second kappa shape index (κ2) is 3.53. The van der Waals surface area contributed by atoms with Crippen LogP contribution in [0.25, 0.3) is 22.3 Å². The topological polar surface area (TPSA) is 69.0 Å². The molecule has 2 heterocycles. The normalized spacial score (nSPS) is 11.2. The van der Waals surface area contributed by atoms with Crippen LogP contribution in [-0.2, 0) is 14.1 Å². The molecular weight excluding hydrogens is 228 g/mol. The molecule has 1 aromatic carbocycles. The Labute approximate surface area is 104 Å². The van der Waals surface area contributed by atoms with E-state index in [1.54, 1.807) is 16.8 Å². The predicted octanol–water partition coefficient (Wildman–Crippen LogP) is 1.87. The minimum Gasteiger partial charge on any atom is -0.508 e. The molecule has 5 heteroatoms. The van der Waals surface area contributed by atoms with Crippen LogP contribution in [-0.4, -0.2) is 19.5 Å². The first-order valence-corrected chi connectivity index (χ1v) is 5.64. The van der Waals surface area contributed by atoms with E-state index in [0.29, 0.717) is 5.82 Å². The SMILES string of the molecule is Cn1nc(N)cc1-c1cc2cc(O)ccc2n1C. The third-order valence-corrected chi connectivity index (χ3v) is 3.19. The lowest BCUT2D eigenvalue weighted by atomic mass is 10.2. The molecule has 0 aliphatic carbocycles. The first-order chi connectivity index (χ1) is 8.56. The Morgan fingerprint density at radius 2 is 1.89 bits per heavy atom. The monoisotopic (exact) mass is 242 g/mol. The minimum absolute atomic E-state index is 0.268. The third-order valence-electron chi connectivity index (χ3n) is 3.19. The van der Waals surface area contributed by atoms with Crippen molar-refractivity contribution in [3.05, 3.63) is 30.3 Å². The van der Waals surface area contributed by atoms with E-state index in [2.05, 4.69) is 9.67 Å². The van der Waals surface area contributed by atoms with Gasteiger partial charge in [0.1, 0.15) is 11.6 Å². The summed E-state index contributed by atoms with van der Waals surface area (Å²) in [6, 6.07) is 9.19. The van der Waals surface area contributed by atoms with Crippen LogP contribution in [0.3, 0.4) is 0 Å². The van der Waals surface area contributed by atoms with Crippen molar-refractivity contribution < 1.29 is 5.11 Å². The fourth-order valence-corrected chi connectivity index (χ4v) is 2.31. The summed E-state index contributed by atoms with van der Waals surface area (Å²) in [7, 11) is 3.85. The fraction of sp³-hybridized carbons (Fsp3) is 0.154. The number of rotatable bonds is 1. The van der Waals surface area contributed by atoms with E-state index >= 15 is 0 Å². The number of aryl methyl sites for hydroxylation is 2. The summed E-state index contributed by atoms with van der Waals surface area (Å²) in [6.07, 6.45) is 0. The molecule has 0 fully saturated rings. The number of hydrogen-bond acceptors (Lipinski definition) is 3. The van der Waals surface area contributed by atoms with Crippen molar-refractivity contribution in [1.82, 2.24) is 14.3 Å². The third kappa shape index (κ3) is 1.44. The van der Waals surface area contributed by atoms with Gasteiger partial charge in [-0.3, -0.25) is 4.68 Å². The molecule has 3 aromatic rings. The average molecular weight is 242 g/mol. The fourth-order valence-electron chi connectivity index (χ4n) is 2.31. The lowest BCUT2D eigenvalue weighted by Crippen LogP contribution is -1.98. The zero-order valence-electron chi connectivity index (χ0n) is 10.3. The highest BCUT2D eigenvalue weighted by atomic mass is 16.3. The van der Waals surface area contributed by atoms with Gasteiger partial charge in [-0.15, -0.1) is 0 Å². The summed E-state index contributed by atoms with van der Waals surface area (Å²) in [5.41, 5.74) is 8.73. The van der Waals surface area contributed by atoms with Gasteiger partial charge in [-0.25, -0.2) is 0 Å². The number of benzene rings is 1.